The van der Waals surface area contributed by atoms with Gasteiger partial charge in [-0.05, 0) is 54.8 Å². The second-order valence-corrected chi connectivity index (χ2v) is 5.86. The number of carbonyl (C=O) groups is 1. The average Bonchev–Trinajstić information content (AvgIpc) is 2.58. The van der Waals surface area contributed by atoms with Crippen molar-refractivity contribution >= 4 is 23.2 Å². The topological polar surface area (TPSA) is 64.9 Å². The lowest BCUT2D eigenvalue weighted by Gasteiger charge is -2.07. The molecule has 24 heavy (non-hydrogen) atoms. The van der Waals surface area contributed by atoms with Gasteiger partial charge in [0.05, 0.1) is 0 Å². The van der Waals surface area contributed by atoms with Crippen LogP contribution in [0.15, 0.2) is 54.2 Å². The Morgan fingerprint density at radius 1 is 1.17 bits per heavy atom. The van der Waals surface area contributed by atoms with E-state index >= 15 is 0 Å². The number of nitriles is 1. The van der Waals surface area contributed by atoms with E-state index in [9.17, 15) is 10.1 Å². The first kappa shape index (κ1) is 17.6. The number of nitrogens with zero attached hydrogens (tertiary/aromatic N) is 1. The Morgan fingerprint density at radius 2 is 1.88 bits per heavy atom. The molecule has 2 aromatic rings. The zero-order valence-electron chi connectivity index (χ0n) is 13.6. The molecule has 0 saturated carbocycles. The van der Waals surface area contributed by atoms with Crippen molar-refractivity contribution in [3.8, 4) is 6.07 Å². The highest BCUT2D eigenvalue weighted by atomic mass is 35.5. The first-order valence-corrected chi connectivity index (χ1v) is 7.84. The summed E-state index contributed by atoms with van der Waals surface area (Å²) in [6.07, 6.45) is 1.42. The Hall–Kier alpha value is -2.77. The van der Waals surface area contributed by atoms with E-state index in [1.54, 1.807) is 12.1 Å². The summed E-state index contributed by atoms with van der Waals surface area (Å²) in [6, 6.07) is 14.9. The Kier molecular flexibility index (Phi) is 6.00. The minimum absolute atomic E-state index is 0.0159. The van der Waals surface area contributed by atoms with Crippen LogP contribution in [-0.2, 0) is 11.3 Å². The van der Waals surface area contributed by atoms with E-state index in [1.807, 2.05) is 50.2 Å². The molecule has 1 amide bonds. The molecule has 0 spiro atoms. The summed E-state index contributed by atoms with van der Waals surface area (Å²) < 4.78 is 0. The zero-order chi connectivity index (χ0) is 17.5. The Labute approximate surface area is 146 Å². The van der Waals surface area contributed by atoms with Crippen molar-refractivity contribution in [1.82, 2.24) is 5.32 Å². The third-order valence-electron chi connectivity index (χ3n) is 3.62. The van der Waals surface area contributed by atoms with Crippen molar-refractivity contribution in [2.75, 3.05) is 5.32 Å². The molecule has 5 heteroatoms. The molecule has 0 saturated heterocycles. The number of nitrogens with one attached hydrogen (secondary N) is 2. The molecule has 0 atom stereocenters. The summed E-state index contributed by atoms with van der Waals surface area (Å²) in [5, 5.41) is 15.5. The predicted molar refractivity (Wildman–Crippen MR) is 96.5 cm³/mol. The fourth-order valence-corrected chi connectivity index (χ4v) is 2.14. The molecule has 0 radical (unpaired) electrons. The molecule has 2 rings (SSSR count). The summed E-state index contributed by atoms with van der Waals surface area (Å²) in [4.78, 5) is 12.1. The highest BCUT2D eigenvalue weighted by Crippen LogP contribution is 2.14. The number of rotatable bonds is 5. The number of benzene rings is 2. The van der Waals surface area contributed by atoms with Gasteiger partial charge >= 0.3 is 0 Å². The van der Waals surface area contributed by atoms with E-state index in [1.165, 1.54) is 11.8 Å². The van der Waals surface area contributed by atoms with E-state index in [0.717, 1.165) is 16.8 Å². The van der Waals surface area contributed by atoms with Crippen molar-refractivity contribution in [3.63, 3.8) is 0 Å². The van der Waals surface area contributed by atoms with Crippen LogP contribution in [0.1, 0.15) is 16.7 Å². The standard InChI is InChI=1S/C19H18ClN3O/c1-13-3-8-18(9-14(13)2)22-12-16(10-21)19(24)23-11-15-4-6-17(20)7-5-15/h3-9,12,22H,11H2,1-2H3,(H,23,24)/b16-12-. The highest BCUT2D eigenvalue weighted by molar-refractivity contribution is 6.30. The van der Waals surface area contributed by atoms with Gasteiger partial charge in [-0.2, -0.15) is 5.26 Å². The Bertz CT molecular complexity index is 804. The number of anilines is 1. The maximum absolute atomic E-state index is 12.1. The van der Waals surface area contributed by atoms with Gasteiger partial charge in [0, 0.05) is 23.5 Å². The van der Waals surface area contributed by atoms with Gasteiger partial charge < -0.3 is 10.6 Å². The highest BCUT2D eigenvalue weighted by Gasteiger charge is 2.08. The predicted octanol–water partition coefficient (Wildman–Crippen LogP) is 4.09. The molecule has 0 aliphatic carbocycles. The molecule has 2 aromatic carbocycles. The Balaban J connectivity index is 1.98. The van der Waals surface area contributed by atoms with Gasteiger partial charge in [0.15, 0.2) is 0 Å². The van der Waals surface area contributed by atoms with Gasteiger partial charge in [0.25, 0.3) is 5.91 Å². The number of hydrogen-bond donors (Lipinski definition) is 2. The van der Waals surface area contributed by atoms with Gasteiger partial charge in [0.2, 0.25) is 0 Å². The molecule has 122 valence electrons. The molecular weight excluding hydrogens is 322 g/mol. The zero-order valence-corrected chi connectivity index (χ0v) is 14.3. The summed E-state index contributed by atoms with van der Waals surface area (Å²) in [7, 11) is 0. The van der Waals surface area contributed by atoms with Crippen LogP contribution in [0.25, 0.3) is 0 Å². The van der Waals surface area contributed by atoms with Crippen LogP contribution in [0.2, 0.25) is 5.02 Å². The summed E-state index contributed by atoms with van der Waals surface area (Å²) >= 11 is 5.82. The van der Waals surface area contributed by atoms with E-state index < -0.39 is 5.91 Å². The van der Waals surface area contributed by atoms with Crippen molar-refractivity contribution in [1.29, 1.82) is 5.26 Å². The summed E-state index contributed by atoms with van der Waals surface area (Å²) in [5.41, 5.74) is 4.08. The van der Waals surface area contributed by atoms with Gasteiger partial charge in [-0.1, -0.05) is 29.8 Å². The lowest BCUT2D eigenvalue weighted by Crippen LogP contribution is -2.24. The molecule has 0 fully saturated rings. The minimum Gasteiger partial charge on any atom is -0.360 e. The van der Waals surface area contributed by atoms with Crippen LogP contribution in [-0.4, -0.2) is 5.91 Å². The number of hydrogen-bond acceptors (Lipinski definition) is 3. The second-order valence-electron chi connectivity index (χ2n) is 5.42. The van der Waals surface area contributed by atoms with E-state index in [0.29, 0.717) is 11.6 Å². The van der Waals surface area contributed by atoms with Gasteiger partial charge in [-0.25, -0.2) is 0 Å². The smallest absolute Gasteiger partial charge is 0.263 e. The quantitative estimate of drug-likeness (QED) is 0.637. The van der Waals surface area contributed by atoms with Crippen LogP contribution in [0.5, 0.6) is 0 Å². The largest absolute Gasteiger partial charge is 0.360 e. The molecule has 2 N–H and O–H groups in total. The molecular formula is C19H18ClN3O. The molecule has 0 bridgehead atoms. The fourth-order valence-electron chi connectivity index (χ4n) is 2.02. The maximum atomic E-state index is 12.1. The van der Waals surface area contributed by atoms with E-state index in [-0.39, 0.29) is 5.57 Å². The summed E-state index contributed by atoms with van der Waals surface area (Å²) in [6.45, 7) is 4.37. The van der Waals surface area contributed by atoms with E-state index in [4.69, 9.17) is 11.6 Å². The van der Waals surface area contributed by atoms with Crippen molar-refractivity contribution in [2.24, 2.45) is 0 Å². The van der Waals surface area contributed by atoms with Gasteiger partial charge in [-0.15, -0.1) is 0 Å². The van der Waals surface area contributed by atoms with Crippen molar-refractivity contribution < 1.29 is 4.79 Å². The lowest BCUT2D eigenvalue weighted by molar-refractivity contribution is -0.117. The van der Waals surface area contributed by atoms with Crippen molar-refractivity contribution in [3.05, 3.63) is 76.0 Å². The molecule has 0 aliphatic heterocycles. The molecule has 0 heterocycles. The average molecular weight is 340 g/mol. The van der Waals surface area contributed by atoms with Crippen LogP contribution in [0, 0.1) is 25.2 Å². The minimum atomic E-state index is -0.427. The number of aryl methyl sites for hydroxylation is 2. The Morgan fingerprint density at radius 3 is 2.50 bits per heavy atom. The first-order chi connectivity index (χ1) is 11.5. The van der Waals surface area contributed by atoms with Crippen LogP contribution < -0.4 is 10.6 Å². The number of carbonyl (C=O) groups excluding carboxylic acids is 1. The number of halogens is 1. The third-order valence-corrected chi connectivity index (χ3v) is 3.87. The van der Waals surface area contributed by atoms with Gasteiger partial charge in [0.1, 0.15) is 11.6 Å². The molecule has 4 nitrogen and oxygen atoms in total. The van der Waals surface area contributed by atoms with E-state index in [2.05, 4.69) is 10.6 Å². The summed E-state index contributed by atoms with van der Waals surface area (Å²) in [5.74, 6) is -0.427. The van der Waals surface area contributed by atoms with Crippen LogP contribution in [0.3, 0.4) is 0 Å². The first-order valence-electron chi connectivity index (χ1n) is 7.46. The fraction of sp³-hybridized carbons (Fsp3) is 0.158. The maximum Gasteiger partial charge on any atom is 0.263 e. The monoisotopic (exact) mass is 339 g/mol. The SMILES string of the molecule is Cc1ccc(N/C=C(/C#N)C(=O)NCc2ccc(Cl)cc2)cc1C. The third kappa shape index (κ3) is 4.87. The molecule has 0 aromatic heterocycles. The van der Waals surface area contributed by atoms with Crippen LogP contribution in [0.4, 0.5) is 5.69 Å². The normalized spacial score (nSPS) is 10.8. The van der Waals surface area contributed by atoms with Gasteiger partial charge in [-0.3, -0.25) is 4.79 Å². The molecule has 0 aliphatic rings. The second kappa shape index (κ2) is 8.19. The lowest BCUT2D eigenvalue weighted by atomic mass is 10.1. The number of amides is 1. The van der Waals surface area contributed by atoms with Crippen LogP contribution >= 0.6 is 11.6 Å². The van der Waals surface area contributed by atoms with Crippen molar-refractivity contribution in [2.45, 2.75) is 20.4 Å². The molecule has 0 unspecified atom stereocenters.